The zero-order valence-corrected chi connectivity index (χ0v) is 28.0. The summed E-state index contributed by atoms with van der Waals surface area (Å²) in [6, 6.07) is 14.3. The Balaban J connectivity index is 1.43. The fourth-order valence-electron chi connectivity index (χ4n) is 4.42. The molecule has 11 heteroatoms. The van der Waals surface area contributed by atoms with Crippen molar-refractivity contribution in [1.82, 2.24) is 9.88 Å². The first kappa shape index (κ1) is 29.9. The number of ether oxygens (including phenoxy) is 1. The van der Waals surface area contributed by atoms with Gasteiger partial charge in [0.1, 0.15) is 4.93 Å². The zero-order chi connectivity index (χ0) is 27.7. The van der Waals surface area contributed by atoms with E-state index in [-0.39, 0.29) is 11.1 Å². The first-order valence-corrected chi connectivity index (χ1v) is 15.5. The highest BCUT2D eigenvalue weighted by Crippen LogP contribution is 2.48. The normalized spacial score (nSPS) is 17.6. The molecule has 1 N–H and O–H groups in total. The van der Waals surface area contributed by atoms with E-state index in [4.69, 9.17) is 22.8 Å². The van der Waals surface area contributed by atoms with Gasteiger partial charge in [0.25, 0.3) is 0 Å². The number of thiol groups is 1. The fourth-order valence-corrected chi connectivity index (χ4v) is 6.46. The van der Waals surface area contributed by atoms with Crippen LogP contribution in [0.3, 0.4) is 0 Å². The minimum Gasteiger partial charge on any atom is -0.490 e. The van der Waals surface area contributed by atoms with Crippen molar-refractivity contribution in [2.24, 2.45) is 0 Å². The third-order valence-electron chi connectivity index (χ3n) is 6.49. The molecule has 0 unspecified atom stereocenters. The number of aromatic nitrogens is 1. The van der Waals surface area contributed by atoms with E-state index in [0.29, 0.717) is 19.6 Å². The van der Waals surface area contributed by atoms with E-state index in [1.165, 1.54) is 12.3 Å². The van der Waals surface area contributed by atoms with Crippen molar-refractivity contribution >= 4 is 98.2 Å². The number of hydrogen-bond acceptors (Lipinski definition) is 6. The van der Waals surface area contributed by atoms with Crippen LogP contribution in [0.1, 0.15) is 31.4 Å². The van der Waals surface area contributed by atoms with Gasteiger partial charge < -0.3 is 10.1 Å². The Labute approximate surface area is 268 Å². The average Bonchev–Trinajstić information content (AvgIpc) is 3.05. The van der Waals surface area contributed by atoms with Gasteiger partial charge in [-0.05, 0) is 147 Å². The molecule has 0 aliphatic carbocycles. The number of halogens is 4. The van der Waals surface area contributed by atoms with E-state index in [1.54, 1.807) is 23.4 Å². The molecule has 1 saturated heterocycles. The molecule has 0 radical (unpaired) electrons. The number of amides is 1. The predicted octanol–water partition coefficient (Wildman–Crippen LogP) is 7.41. The molecular weight excluding hydrogens is 844 g/mol. The third-order valence-corrected chi connectivity index (χ3v) is 8.75. The number of pyridine rings is 1. The van der Waals surface area contributed by atoms with Gasteiger partial charge in [0.05, 0.1) is 12.1 Å². The van der Waals surface area contributed by atoms with Gasteiger partial charge in [-0.1, -0.05) is 12.1 Å². The molecule has 6 nitrogen and oxygen atoms in total. The summed E-state index contributed by atoms with van der Waals surface area (Å²) in [6.07, 6.45) is 5.26. The topological polar surface area (TPSA) is 69.5 Å². The van der Waals surface area contributed by atoms with E-state index >= 15 is 0 Å². The number of rotatable bonds is 9. The van der Waals surface area contributed by atoms with Crippen molar-refractivity contribution in [2.45, 2.75) is 30.7 Å². The Bertz CT molecular complexity index is 1340. The van der Waals surface area contributed by atoms with E-state index < -0.39 is 16.9 Å². The van der Waals surface area contributed by atoms with Crippen LogP contribution in [0.25, 0.3) is 11.1 Å². The maximum absolute atomic E-state index is 14.7. The van der Waals surface area contributed by atoms with Gasteiger partial charge in [-0.2, -0.15) is 0 Å². The number of anilines is 1. The van der Waals surface area contributed by atoms with Crippen molar-refractivity contribution in [3.8, 4) is 16.9 Å². The number of alkyl halides is 3. The summed E-state index contributed by atoms with van der Waals surface area (Å²) in [4.78, 5) is 21.2. The van der Waals surface area contributed by atoms with Crippen molar-refractivity contribution in [2.75, 3.05) is 18.1 Å². The second-order valence-corrected chi connectivity index (χ2v) is 20.8. The van der Waals surface area contributed by atoms with Crippen LogP contribution >= 0.6 is 80.4 Å². The molecule has 38 heavy (non-hydrogen) atoms. The van der Waals surface area contributed by atoms with Gasteiger partial charge in [-0.25, -0.2) is 4.39 Å². The van der Waals surface area contributed by atoms with Crippen LogP contribution in [0.4, 0.5) is 10.1 Å². The van der Waals surface area contributed by atoms with Gasteiger partial charge >= 0.3 is 0 Å². The molecular formula is C27H26FI3N4O2S. The molecule has 1 aliphatic heterocycles. The summed E-state index contributed by atoms with van der Waals surface area (Å²) >= 11 is 11.8. The largest absolute Gasteiger partial charge is 0.490 e. The van der Waals surface area contributed by atoms with Gasteiger partial charge in [-0.3, -0.25) is 19.6 Å². The maximum atomic E-state index is 14.7. The monoisotopic (exact) mass is 870 g/mol. The smallest absolute Gasteiger partial charge is 0.249 e. The molecule has 0 spiro atoms. The predicted molar refractivity (Wildman–Crippen MR) is 179 cm³/mol. The average molecular weight is 870 g/mol. The van der Waals surface area contributed by atoms with Gasteiger partial charge in [0.15, 0.2) is 11.6 Å². The molecule has 1 amide bonds. The Kier molecular flexibility index (Phi) is 9.63. The minimum atomic E-state index is -0.777. The Morgan fingerprint density at radius 2 is 1.84 bits per heavy atom. The molecule has 1 aliphatic rings. The van der Waals surface area contributed by atoms with Crippen LogP contribution in [0.5, 0.6) is 5.75 Å². The molecule has 1 fully saturated rings. The molecule has 3 aromatic rings. The number of nitrogens with zero attached hydrogens (tertiary/aromatic N) is 3. The summed E-state index contributed by atoms with van der Waals surface area (Å²) in [5.41, 5.74) is 2.91. The lowest BCUT2D eigenvalue weighted by atomic mass is 10.0. The van der Waals surface area contributed by atoms with Crippen LogP contribution in [0.2, 0.25) is 0 Å². The summed E-state index contributed by atoms with van der Waals surface area (Å²) in [5.74, 6) is -0.275. The summed E-state index contributed by atoms with van der Waals surface area (Å²) in [6.45, 7) is 4.62. The van der Waals surface area contributed by atoms with E-state index in [0.717, 1.165) is 27.9 Å². The van der Waals surface area contributed by atoms with Crippen molar-refractivity contribution in [3.05, 3.63) is 77.9 Å². The summed E-state index contributed by atoms with van der Waals surface area (Å²) < 4.78 is 20.2. The molecule has 4 rings (SSSR count). The number of carbonyl (C=O) groups is 1. The number of benzene rings is 2. The zero-order valence-electron chi connectivity index (χ0n) is 20.7. The third kappa shape index (κ3) is 6.31. The van der Waals surface area contributed by atoms with Crippen molar-refractivity contribution in [1.29, 1.82) is 5.41 Å². The standard InChI is InChI=1S/C27H26FI3N4O2S/c1-26(2)24(36)35(20-6-4-19(16-32)21(15-20)27(29,30)31)25(38)34(26)12-3-13-37-23-7-5-18(14-22(23)28)17-8-10-33-11-9-17/h4-11,14-16,25,32,38H,3,12-13H2,1-2H3/t25-/m0/s1. The van der Waals surface area contributed by atoms with Gasteiger partial charge in [-0.15, -0.1) is 12.6 Å². The van der Waals surface area contributed by atoms with Crippen LogP contribution in [-0.4, -0.2) is 46.2 Å². The molecule has 2 heterocycles. The first-order valence-electron chi connectivity index (χ1n) is 11.8. The van der Waals surface area contributed by atoms with E-state index in [2.05, 4.69) is 72.8 Å². The highest BCUT2D eigenvalue weighted by molar-refractivity contribution is 14.3. The number of carbonyl (C=O) groups excluding carboxylic acids is 1. The highest BCUT2D eigenvalue weighted by atomic mass is 127. The van der Waals surface area contributed by atoms with E-state index in [1.807, 2.05) is 55.1 Å². The van der Waals surface area contributed by atoms with Crippen LogP contribution in [0, 0.1) is 11.2 Å². The fraction of sp³-hybridized carbons (Fsp3) is 0.296. The quantitative estimate of drug-likeness (QED) is 0.0774. The lowest BCUT2D eigenvalue weighted by molar-refractivity contribution is -0.123. The second kappa shape index (κ2) is 12.2. The molecule has 2 aromatic carbocycles. The highest BCUT2D eigenvalue weighted by Gasteiger charge is 2.50. The van der Waals surface area contributed by atoms with E-state index in [9.17, 15) is 9.18 Å². The minimum absolute atomic E-state index is 0.0503. The van der Waals surface area contributed by atoms with Crippen LogP contribution in [-0.2, 0) is 4.23 Å². The lowest BCUT2D eigenvalue weighted by Gasteiger charge is -2.31. The molecule has 200 valence electrons. The van der Waals surface area contributed by atoms with Crippen molar-refractivity contribution < 1.29 is 13.9 Å². The molecule has 0 bridgehead atoms. The Morgan fingerprint density at radius 1 is 1.13 bits per heavy atom. The first-order chi connectivity index (χ1) is 17.9. The summed E-state index contributed by atoms with van der Waals surface area (Å²) in [7, 11) is 0. The van der Waals surface area contributed by atoms with Crippen LogP contribution in [0.15, 0.2) is 60.9 Å². The van der Waals surface area contributed by atoms with Crippen molar-refractivity contribution in [3.63, 3.8) is 0 Å². The Hall–Kier alpha value is -1.04. The molecule has 1 aromatic heterocycles. The Morgan fingerprint density at radius 3 is 2.47 bits per heavy atom. The number of nitrogens with one attached hydrogen (secondary N) is 1. The number of hydrogen-bond donors (Lipinski definition) is 2. The SMILES string of the molecule is CC1(C)C(=O)N(c2ccc(C=N)c(C(I)(I)I)c2)[C@@H](S)N1CCCOc1ccc(-c2ccncc2)cc1F. The molecule has 0 saturated carbocycles. The van der Waals surface area contributed by atoms with Gasteiger partial charge in [0, 0.05) is 30.8 Å². The van der Waals surface area contributed by atoms with Crippen LogP contribution < -0.4 is 9.64 Å². The molecule has 1 atom stereocenters. The van der Waals surface area contributed by atoms with Gasteiger partial charge in [0.2, 0.25) is 5.91 Å². The summed E-state index contributed by atoms with van der Waals surface area (Å²) in [5, 5.41) is 7.76. The second-order valence-electron chi connectivity index (χ2n) is 9.27. The maximum Gasteiger partial charge on any atom is 0.249 e. The lowest BCUT2D eigenvalue weighted by Crippen LogP contribution is -2.45.